The molecule has 0 fully saturated rings. The number of methoxy groups -OCH3 is 1. The average molecular weight is 205 g/mol. The van der Waals surface area contributed by atoms with E-state index in [1.54, 1.807) is 7.11 Å². The molecule has 0 heterocycles. The SMILES string of the molecule is COC(C)(C)CCOCC(N)CCO. The topological polar surface area (TPSA) is 64.7 Å². The summed E-state index contributed by atoms with van der Waals surface area (Å²) in [5.41, 5.74) is 5.51. The van der Waals surface area contributed by atoms with E-state index >= 15 is 0 Å². The summed E-state index contributed by atoms with van der Waals surface area (Å²) in [7, 11) is 1.69. The van der Waals surface area contributed by atoms with Crippen molar-refractivity contribution in [2.45, 2.75) is 38.3 Å². The Morgan fingerprint density at radius 3 is 2.57 bits per heavy atom. The highest BCUT2D eigenvalue weighted by Gasteiger charge is 2.15. The van der Waals surface area contributed by atoms with Crippen molar-refractivity contribution in [2.75, 3.05) is 26.9 Å². The molecule has 0 aromatic carbocycles. The van der Waals surface area contributed by atoms with Gasteiger partial charge in [0, 0.05) is 26.4 Å². The molecule has 0 aliphatic rings. The van der Waals surface area contributed by atoms with Crippen molar-refractivity contribution in [3.05, 3.63) is 0 Å². The van der Waals surface area contributed by atoms with E-state index < -0.39 is 0 Å². The highest BCUT2D eigenvalue weighted by Crippen LogP contribution is 2.12. The Labute approximate surface area is 86.4 Å². The molecule has 0 aromatic rings. The second-order valence-electron chi connectivity index (χ2n) is 4.06. The molecule has 1 atom stereocenters. The largest absolute Gasteiger partial charge is 0.396 e. The van der Waals surface area contributed by atoms with Crippen molar-refractivity contribution >= 4 is 0 Å². The van der Waals surface area contributed by atoms with Gasteiger partial charge in [-0.1, -0.05) is 0 Å². The van der Waals surface area contributed by atoms with Gasteiger partial charge in [-0.2, -0.15) is 0 Å². The minimum atomic E-state index is -0.138. The molecule has 0 aromatic heterocycles. The number of aliphatic hydroxyl groups excluding tert-OH is 1. The van der Waals surface area contributed by atoms with Crippen molar-refractivity contribution in [1.29, 1.82) is 0 Å². The van der Waals surface area contributed by atoms with Crippen molar-refractivity contribution in [2.24, 2.45) is 5.73 Å². The van der Waals surface area contributed by atoms with Gasteiger partial charge in [0.15, 0.2) is 0 Å². The summed E-state index contributed by atoms with van der Waals surface area (Å²) < 4.78 is 10.6. The van der Waals surface area contributed by atoms with Gasteiger partial charge < -0.3 is 20.3 Å². The second kappa shape index (κ2) is 7.17. The maximum atomic E-state index is 8.60. The third-order valence-electron chi connectivity index (χ3n) is 2.23. The zero-order valence-corrected chi connectivity index (χ0v) is 9.45. The second-order valence-corrected chi connectivity index (χ2v) is 4.06. The van der Waals surface area contributed by atoms with Gasteiger partial charge in [-0.15, -0.1) is 0 Å². The van der Waals surface area contributed by atoms with E-state index in [0.717, 1.165) is 6.42 Å². The summed E-state index contributed by atoms with van der Waals surface area (Å²) in [5.74, 6) is 0. The molecule has 4 heteroatoms. The van der Waals surface area contributed by atoms with Gasteiger partial charge in [-0.05, 0) is 26.7 Å². The molecule has 86 valence electrons. The van der Waals surface area contributed by atoms with E-state index in [2.05, 4.69) is 0 Å². The van der Waals surface area contributed by atoms with Crippen LogP contribution < -0.4 is 5.73 Å². The van der Waals surface area contributed by atoms with E-state index in [-0.39, 0.29) is 18.2 Å². The predicted molar refractivity (Wildman–Crippen MR) is 56.2 cm³/mol. The molecule has 14 heavy (non-hydrogen) atoms. The van der Waals surface area contributed by atoms with E-state index in [1.807, 2.05) is 13.8 Å². The number of hydrogen-bond donors (Lipinski definition) is 2. The fourth-order valence-electron chi connectivity index (χ4n) is 0.904. The first-order chi connectivity index (χ1) is 6.52. The highest BCUT2D eigenvalue weighted by molar-refractivity contribution is 4.67. The van der Waals surface area contributed by atoms with Crippen molar-refractivity contribution in [1.82, 2.24) is 0 Å². The molecule has 0 aliphatic heterocycles. The molecular formula is C10H23NO3. The number of ether oxygens (including phenoxy) is 2. The first-order valence-electron chi connectivity index (χ1n) is 5.01. The van der Waals surface area contributed by atoms with Crippen LogP contribution in [-0.2, 0) is 9.47 Å². The van der Waals surface area contributed by atoms with Crippen molar-refractivity contribution in [3.63, 3.8) is 0 Å². The molecule has 4 nitrogen and oxygen atoms in total. The maximum Gasteiger partial charge on any atom is 0.0644 e. The van der Waals surface area contributed by atoms with Gasteiger partial charge in [-0.25, -0.2) is 0 Å². The number of hydrogen-bond acceptors (Lipinski definition) is 4. The van der Waals surface area contributed by atoms with Crippen molar-refractivity contribution in [3.8, 4) is 0 Å². The monoisotopic (exact) mass is 205 g/mol. The van der Waals surface area contributed by atoms with E-state index in [1.165, 1.54) is 0 Å². The minimum absolute atomic E-state index is 0.0642. The summed E-state index contributed by atoms with van der Waals surface area (Å²) in [6, 6.07) is -0.0642. The Kier molecular flexibility index (Phi) is 7.09. The van der Waals surface area contributed by atoms with E-state index in [0.29, 0.717) is 19.6 Å². The summed E-state index contributed by atoms with van der Waals surface area (Å²) in [5, 5.41) is 8.60. The number of nitrogens with two attached hydrogens (primary N) is 1. The van der Waals surface area contributed by atoms with Gasteiger partial charge in [-0.3, -0.25) is 0 Å². The molecule has 0 rings (SSSR count). The van der Waals surface area contributed by atoms with E-state index in [4.69, 9.17) is 20.3 Å². The first-order valence-corrected chi connectivity index (χ1v) is 5.01. The van der Waals surface area contributed by atoms with Crippen LogP contribution in [-0.4, -0.2) is 43.7 Å². The third-order valence-corrected chi connectivity index (χ3v) is 2.23. The lowest BCUT2D eigenvalue weighted by atomic mass is 10.1. The first kappa shape index (κ1) is 13.8. The Hall–Kier alpha value is -0.160. The van der Waals surface area contributed by atoms with Crippen molar-refractivity contribution < 1.29 is 14.6 Å². The number of aliphatic hydroxyl groups is 1. The van der Waals surface area contributed by atoms with Crippen LogP contribution in [0, 0.1) is 0 Å². The Bertz CT molecular complexity index is 139. The number of rotatable bonds is 8. The molecule has 0 radical (unpaired) electrons. The van der Waals surface area contributed by atoms with Crippen LogP contribution in [0.4, 0.5) is 0 Å². The van der Waals surface area contributed by atoms with E-state index in [9.17, 15) is 0 Å². The van der Waals surface area contributed by atoms with Crippen LogP contribution >= 0.6 is 0 Å². The van der Waals surface area contributed by atoms with Gasteiger partial charge in [0.2, 0.25) is 0 Å². The fraction of sp³-hybridized carbons (Fsp3) is 1.00. The standard InChI is InChI=1S/C10H23NO3/c1-10(2,13-3)5-7-14-8-9(11)4-6-12/h9,12H,4-8,11H2,1-3H3. The van der Waals surface area contributed by atoms with Crippen LogP contribution in [0.5, 0.6) is 0 Å². The highest BCUT2D eigenvalue weighted by atomic mass is 16.5. The lowest BCUT2D eigenvalue weighted by Crippen LogP contribution is -2.29. The molecule has 3 N–H and O–H groups in total. The molecule has 0 saturated carbocycles. The maximum absolute atomic E-state index is 8.60. The van der Waals surface area contributed by atoms with Gasteiger partial charge in [0.1, 0.15) is 0 Å². The smallest absolute Gasteiger partial charge is 0.0644 e. The molecule has 0 aliphatic carbocycles. The molecule has 0 bridgehead atoms. The summed E-state index contributed by atoms with van der Waals surface area (Å²) >= 11 is 0. The van der Waals surface area contributed by atoms with Gasteiger partial charge >= 0.3 is 0 Å². The lowest BCUT2D eigenvalue weighted by molar-refractivity contribution is -0.0118. The quantitative estimate of drug-likeness (QED) is 0.567. The zero-order chi connectivity index (χ0) is 11.0. The van der Waals surface area contributed by atoms with Gasteiger partial charge in [0.25, 0.3) is 0 Å². The third kappa shape index (κ3) is 7.26. The summed E-state index contributed by atoms with van der Waals surface area (Å²) in [4.78, 5) is 0. The zero-order valence-electron chi connectivity index (χ0n) is 9.45. The average Bonchev–Trinajstić information content (AvgIpc) is 2.13. The molecule has 1 unspecified atom stereocenters. The van der Waals surface area contributed by atoms with Crippen LogP contribution in [0.3, 0.4) is 0 Å². The summed E-state index contributed by atoms with van der Waals surface area (Å²) in [6.07, 6.45) is 1.43. The summed E-state index contributed by atoms with van der Waals surface area (Å²) in [6.45, 7) is 5.29. The molecular weight excluding hydrogens is 182 g/mol. The predicted octanol–water partition coefficient (Wildman–Crippen LogP) is 0.528. The lowest BCUT2D eigenvalue weighted by Gasteiger charge is -2.22. The van der Waals surface area contributed by atoms with Gasteiger partial charge in [0.05, 0.1) is 12.2 Å². The normalized spacial score (nSPS) is 14.4. The Morgan fingerprint density at radius 2 is 2.07 bits per heavy atom. The van der Waals surface area contributed by atoms with Crippen LogP contribution in [0.2, 0.25) is 0 Å². The molecule has 0 amide bonds. The van der Waals surface area contributed by atoms with Crippen LogP contribution in [0.15, 0.2) is 0 Å². The van der Waals surface area contributed by atoms with Crippen LogP contribution in [0.25, 0.3) is 0 Å². The Balaban J connectivity index is 3.37. The Morgan fingerprint density at radius 1 is 1.43 bits per heavy atom. The molecule has 0 spiro atoms. The minimum Gasteiger partial charge on any atom is -0.396 e. The fourth-order valence-corrected chi connectivity index (χ4v) is 0.904. The molecule has 0 saturated heterocycles. The van der Waals surface area contributed by atoms with Crippen LogP contribution in [0.1, 0.15) is 26.7 Å².